The van der Waals surface area contributed by atoms with Crippen LogP contribution in [-0.4, -0.2) is 77.9 Å². The summed E-state index contributed by atoms with van der Waals surface area (Å²) in [6.45, 7) is 15.1. The summed E-state index contributed by atoms with van der Waals surface area (Å²) >= 11 is 1.64. The molecule has 3 heterocycles. The number of allylic oxidation sites excluding steroid dienone is 2. The number of thioether (sulfide) groups is 1. The van der Waals surface area contributed by atoms with Crippen molar-refractivity contribution in [2.75, 3.05) is 13.7 Å². The van der Waals surface area contributed by atoms with Crippen molar-refractivity contribution in [3.8, 4) is 11.5 Å². The lowest BCUT2D eigenvalue weighted by molar-refractivity contribution is -0.132. The second-order valence-electron chi connectivity index (χ2n) is 16.6. The fourth-order valence-electron chi connectivity index (χ4n) is 7.26. The quantitative estimate of drug-likeness (QED) is 0.244. The van der Waals surface area contributed by atoms with Gasteiger partial charge in [0.1, 0.15) is 34.8 Å². The molecule has 2 aromatic rings. The van der Waals surface area contributed by atoms with Gasteiger partial charge in [0.15, 0.2) is 0 Å². The first kappa shape index (κ1) is 39.9. The van der Waals surface area contributed by atoms with Gasteiger partial charge in [0.2, 0.25) is 15.9 Å². The molecule has 3 amide bonds. The monoisotopic (exact) mass is 782 g/mol. The number of carbonyl (C=O) groups excluding carboxylic acids is 3. The average molecular weight is 783 g/mol. The number of methoxy groups -OCH3 is 1. The summed E-state index contributed by atoms with van der Waals surface area (Å²) in [6.07, 6.45) is 4.64. The largest absolute Gasteiger partial charge is 0.496 e. The fraction of sp³-hybridized carbons (Fsp3) is 0.600. The summed E-state index contributed by atoms with van der Waals surface area (Å²) in [4.78, 5) is 49.0. The van der Waals surface area contributed by atoms with Gasteiger partial charge in [-0.15, -0.1) is 0 Å². The molecule has 4 aliphatic rings. The van der Waals surface area contributed by atoms with Crippen molar-refractivity contribution in [2.45, 2.75) is 128 Å². The number of benzene rings is 1. The molecule has 1 aromatic carbocycles. The first-order valence-corrected chi connectivity index (χ1v) is 21.3. The van der Waals surface area contributed by atoms with E-state index in [0.717, 1.165) is 39.9 Å². The van der Waals surface area contributed by atoms with Crippen molar-refractivity contribution in [2.24, 2.45) is 11.8 Å². The molecule has 0 bridgehead atoms. The third kappa shape index (κ3) is 7.96. The van der Waals surface area contributed by atoms with Crippen molar-refractivity contribution in [1.82, 2.24) is 19.9 Å². The highest BCUT2D eigenvalue weighted by Crippen LogP contribution is 2.48. The number of nitrogens with zero attached hydrogens (tertiary/aromatic N) is 2. The molecule has 2 saturated carbocycles. The zero-order valence-electron chi connectivity index (χ0n) is 32.8. The molecule has 3 fully saturated rings. The van der Waals surface area contributed by atoms with Crippen LogP contribution in [0.2, 0.25) is 0 Å². The molecule has 2 aliphatic heterocycles. The number of ether oxygens (including phenoxy) is 3. The molecule has 2 aliphatic carbocycles. The number of aromatic nitrogens is 1. The molecular formula is C40H54N4O8S2. The smallest absolute Gasteiger partial charge is 0.411 e. The van der Waals surface area contributed by atoms with Crippen molar-refractivity contribution >= 4 is 55.5 Å². The molecule has 6 rings (SSSR count). The summed E-state index contributed by atoms with van der Waals surface area (Å²) in [5.41, 5.74) is 1.47. The minimum absolute atomic E-state index is 0.0440. The Hall–Kier alpha value is -3.78. The number of amides is 3. The minimum Gasteiger partial charge on any atom is -0.496 e. The van der Waals surface area contributed by atoms with Crippen LogP contribution in [0.5, 0.6) is 11.5 Å². The number of hydrogen-bond acceptors (Lipinski definition) is 10. The molecule has 294 valence electrons. The Morgan fingerprint density at radius 2 is 1.87 bits per heavy atom. The summed E-state index contributed by atoms with van der Waals surface area (Å²) in [6, 6.07) is 4.65. The lowest BCUT2D eigenvalue weighted by atomic mass is 10.0. The van der Waals surface area contributed by atoms with Gasteiger partial charge < -0.3 is 19.5 Å². The molecule has 0 radical (unpaired) electrons. The van der Waals surface area contributed by atoms with Crippen molar-refractivity contribution in [3.05, 3.63) is 46.5 Å². The highest BCUT2D eigenvalue weighted by Gasteiger charge is 2.63. The first-order chi connectivity index (χ1) is 25.3. The van der Waals surface area contributed by atoms with E-state index in [1.54, 1.807) is 46.6 Å². The third-order valence-corrected chi connectivity index (χ3v) is 14.3. The van der Waals surface area contributed by atoms with E-state index in [1.807, 2.05) is 32.0 Å². The van der Waals surface area contributed by atoms with Crippen molar-refractivity contribution in [1.29, 1.82) is 0 Å². The first-order valence-electron chi connectivity index (χ1n) is 18.9. The van der Waals surface area contributed by atoms with Gasteiger partial charge in [0.25, 0.3) is 5.91 Å². The van der Waals surface area contributed by atoms with E-state index in [9.17, 15) is 22.8 Å². The number of aryl methyl sites for hydroxylation is 1. The number of pyridine rings is 1. The van der Waals surface area contributed by atoms with Crippen LogP contribution in [0.25, 0.3) is 15.8 Å². The lowest BCUT2D eigenvalue weighted by Gasteiger charge is -2.29. The lowest BCUT2D eigenvalue weighted by Crippen LogP contribution is -2.57. The van der Waals surface area contributed by atoms with Crippen LogP contribution >= 0.6 is 11.8 Å². The number of hydrogen-bond donors (Lipinski definition) is 2. The molecule has 1 aromatic heterocycles. The molecule has 4 unspecified atom stereocenters. The zero-order chi connectivity index (χ0) is 39.4. The van der Waals surface area contributed by atoms with E-state index in [1.165, 1.54) is 10.5 Å². The number of rotatable bonds is 11. The second-order valence-corrected chi connectivity index (χ2v) is 19.8. The number of sulfonamides is 1. The number of carbonyl (C=O) groups is 3. The van der Waals surface area contributed by atoms with Crippen LogP contribution in [0.4, 0.5) is 4.79 Å². The van der Waals surface area contributed by atoms with Gasteiger partial charge in [-0.1, -0.05) is 50.6 Å². The van der Waals surface area contributed by atoms with Crippen molar-refractivity contribution in [3.63, 3.8) is 0 Å². The van der Waals surface area contributed by atoms with Crippen LogP contribution in [0, 0.1) is 18.8 Å². The molecule has 54 heavy (non-hydrogen) atoms. The Bertz CT molecular complexity index is 2020. The van der Waals surface area contributed by atoms with Crippen LogP contribution in [-0.2, 0) is 24.3 Å². The van der Waals surface area contributed by atoms with Crippen LogP contribution in [0.3, 0.4) is 0 Å². The highest BCUT2D eigenvalue weighted by atomic mass is 32.2. The SMILES string of the molecule is CCC1CC1(NC(=O)C1CC(Oc2cc(C3=CCCC(C(C)C)=CS3)nc3c(C)c(OC)ccc23)CN1C(=O)OC(C)(C)C)C(=O)NS(=O)(=O)C1(C)CC1. The Kier molecular flexibility index (Phi) is 10.9. The van der Waals surface area contributed by atoms with E-state index in [4.69, 9.17) is 19.2 Å². The van der Waals surface area contributed by atoms with Gasteiger partial charge in [0.05, 0.1) is 29.6 Å². The molecule has 14 heteroatoms. The van der Waals surface area contributed by atoms with E-state index >= 15 is 0 Å². The number of fused-ring (bicyclic) bond motifs is 1. The molecule has 12 nitrogen and oxygen atoms in total. The maximum Gasteiger partial charge on any atom is 0.411 e. The molecule has 4 atom stereocenters. The Labute approximate surface area is 323 Å². The summed E-state index contributed by atoms with van der Waals surface area (Å²) in [5.74, 6) is 0.125. The topological polar surface area (TPSA) is 153 Å². The van der Waals surface area contributed by atoms with E-state index in [-0.39, 0.29) is 18.9 Å². The molecule has 0 spiro atoms. The predicted octanol–water partition coefficient (Wildman–Crippen LogP) is 7.00. The van der Waals surface area contributed by atoms with Gasteiger partial charge in [-0.2, -0.15) is 0 Å². The Balaban J connectivity index is 1.31. The Morgan fingerprint density at radius 3 is 2.48 bits per heavy atom. The second kappa shape index (κ2) is 14.7. The van der Waals surface area contributed by atoms with Crippen LogP contribution in [0.15, 0.2) is 35.3 Å². The van der Waals surface area contributed by atoms with Gasteiger partial charge in [-0.05, 0) is 96.1 Å². The predicted molar refractivity (Wildman–Crippen MR) is 210 cm³/mol. The average Bonchev–Trinajstić information content (AvgIpc) is 4.00. The summed E-state index contributed by atoms with van der Waals surface area (Å²) in [7, 11) is -2.30. The summed E-state index contributed by atoms with van der Waals surface area (Å²) < 4.78 is 45.4. The minimum atomic E-state index is -3.93. The standard InChI is InChI=1S/C40H54N4O8S2/c1-10-26-20-40(26,36(46)43-54(48,49)39(8)16-17-39)42-35(45)30-18-27(21-44(30)37(47)52-38(5,6)7)51-32-19-29(33-13-11-12-25(22-53-33)23(2)3)41-34-24(4)31(50-9)15-14-28(32)34/h13-15,19,22-23,26-27,30H,10-12,16-18,20-21H2,1-9H3,(H,42,45)(H,43,46). The maximum absolute atomic E-state index is 14.2. The van der Waals surface area contributed by atoms with E-state index in [0.29, 0.717) is 43.1 Å². The third-order valence-electron chi connectivity index (χ3n) is 11.1. The van der Waals surface area contributed by atoms with E-state index in [2.05, 4.69) is 35.4 Å². The van der Waals surface area contributed by atoms with Crippen molar-refractivity contribution < 1.29 is 37.0 Å². The zero-order valence-corrected chi connectivity index (χ0v) is 34.5. The molecular weight excluding hydrogens is 729 g/mol. The number of likely N-dealkylation sites (tertiary alicyclic amines) is 1. The Morgan fingerprint density at radius 1 is 1.15 bits per heavy atom. The van der Waals surface area contributed by atoms with Crippen LogP contribution in [0.1, 0.15) is 105 Å². The highest BCUT2D eigenvalue weighted by molar-refractivity contribution is 8.10. The van der Waals surface area contributed by atoms with Gasteiger partial charge in [0, 0.05) is 28.3 Å². The maximum atomic E-state index is 14.2. The van der Waals surface area contributed by atoms with Gasteiger partial charge >= 0.3 is 6.09 Å². The molecule has 1 saturated heterocycles. The van der Waals surface area contributed by atoms with Crippen LogP contribution < -0.4 is 19.5 Å². The number of nitrogens with one attached hydrogen (secondary N) is 2. The molecule has 2 N–H and O–H groups in total. The fourth-order valence-corrected chi connectivity index (χ4v) is 9.68. The normalized spacial score (nSPS) is 25.0. The van der Waals surface area contributed by atoms with E-state index < -0.39 is 56.0 Å². The summed E-state index contributed by atoms with van der Waals surface area (Å²) in [5, 5.41) is 5.87. The van der Waals surface area contributed by atoms with Gasteiger partial charge in [-0.3, -0.25) is 19.2 Å². The van der Waals surface area contributed by atoms with Gasteiger partial charge in [-0.25, -0.2) is 18.2 Å².